The van der Waals surface area contributed by atoms with E-state index in [0.29, 0.717) is 28.6 Å². The van der Waals surface area contributed by atoms with Crippen LogP contribution < -0.4 is 0 Å². The molecule has 5 aliphatic carbocycles. The van der Waals surface area contributed by atoms with Gasteiger partial charge in [-0.25, -0.2) is 0 Å². The molecule has 3 N–H and O–H groups in total. The molecule has 6 aliphatic rings. The quantitative estimate of drug-likeness (QED) is 0.468. The molecule has 0 bridgehead atoms. The molecule has 5 saturated carbocycles. The average Bonchev–Trinajstić information content (AvgIpc) is 3.31. The van der Waals surface area contributed by atoms with Crippen molar-refractivity contribution in [2.75, 3.05) is 13.7 Å². The van der Waals surface area contributed by atoms with E-state index in [1.165, 1.54) is 37.7 Å². The van der Waals surface area contributed by atoms with Crippen LogP contribution in [0.3, 0.4) is 0 Å². The van der Waals surface area contributed by atoms with Crippen molar-refractivity contribution in [2.45, 2.75) is 117 Å². The summed E-state index contributed by atoms with van der Waals surface area (Å²) in [6, 6.07) is 0. The molecular formula is C31H50O5. The third-order valence-electron chi connectivity index (χ3n) is 13.8. The number of aliphatic hydroxyl groups is 3. The van der Waals surface area contributed by atoms with Crippen molar-refractivity contribution in [3.63, 3.8) is 0 Å². The summed E-state index contributed by atoms with van der Waals surface area (Å²) >= 11 is 0. The molecule has 0 unspecified atom stereocenters. The summed E-state index contributed by atoms with van der Waals surface area (Å²) in [6.07, 6.45) is 10.9. The second-order valence-corrected chi connectivity index (χ2v) is 14.9. The van der Waals surface area contributed by atoms with Crippen LogP contribution in [0.2, 0.25) is 0 Å². The monoisotopic (exact) mass is 502 g/mol. The van der Waals surface area contributed by atoms with E-state index in [4.69, 9.17) is 9.47 Å². The van der Waals surface area contributed by atoms with Crippen LogP contribution in [0, 0.1) is 50.7 Å². The summed E-state index contributed by atoms with van der Waals surface area (Å²) in [5.41, 5.74) is 1.89. The molecule has 1 heterocycles. The maximum Gasteiger partial charge on any atom is 0.163 e. The summed E-state index contributed by atoms with van der Waals surface area (Å²) in [5.74, 6) is 1.52. The molecule has 6 fully saturated rings. The highest BCUT2D eigenvalue weighted by molar-refractivity contribution is 5.31. The van der Waals surface area contributed by atoms with Crippen molar-refractivity contribution in [2.24, 2.45) is 50.7 Å². The topological polar surface area (TPSA) is 79.2 Å². The van der Waals surface area contributed by atoms with Gasteiger partial charge in [0.2, 0.25) is 0 Å². The van der Waals surface area contributed by atoms with Crippen LogP contribution in [-0.4, -0.2) is 53.6 Å². The number of hydrogen-bond acceptors (Lipinski definition) is 5. The average molecular weight is 503 g/mol. The molecule has 0 aromatic heterocycles. The van der Waals surface area contributed by atoms with Gasteiger partial charge in [0, 0.05) is 18.4 Å². The van der Waals surface area contributed by atoms with Crippen molar-refractivity contribution in [3.8, 4) is 0 Å². The summed E-state index contributed by atoms with van der Waals surface area (Å²) in [4.78, 5) is 0. The first kappa shape index (κ1) is 25.8. The van der Waals surface area contributed by atoms with Crippen molar-refractivity contribution in [1.82, 2.24) is 0 Å². The van der Waals surface area contributed by atoms with Gasteiger partial charge in [-0.15, -0.1) is 0 Å². The summed E-state index contributed by atoms with van der Waals surface area (Å²) in [6.45, 7) is 11.5. The maximum atomic E-state index is 11.5. The molecule has 36 heavy (non-hydrogen) atoms. The van der Waals surface area contributed by atoms with Gasteiger partial charge in [-0.05, 0) is 111 Å². The number of fused-ring (bicyclic) bond motifs is 2. The normalized spacial score (nSPS) is 59.5. The Balaban J connectivity index is 1.32. The van der Waals surface area contributed by atoms with Gasteiger partial charge in [-0.3, -0.25) is 0 Å². The van der Waals surface area contributed by atoms with Crippen LogP contribution in [0.4, 0.5) is 0 Å². The molecule has 13 atom stereocenters. The van der Waals surface area contributed by atoms with Gasteiger partial charge in [0.1, 0.15) is 6.10 Å². The lowest BCUT2D eigenvalue weighted by Crippen LogP contribution is -2.59. The number of aliphatic hydroxyl groups excluding tert-OH is 3. The summed E-state index contributed by atoms with van der Waals surface area (Å²) in [7, 11) is 1.73. The molecule has 2 spiro atoms. The van der Waals surface area contributed by atoms with Gasteiger partial charge in [0.05, 0.1) is 18.8 Å². The second kappa shape index (κ2) is 8.03. The van der Waals surface area contributed by atoms with Crippen LogP contribution in [0.1, 0.15) is 92.4 Å². The molecule has 1 aliphatic heterocycles. The van der Waals surface area contributed by atoms with Gasteiger partial charge >= 0.3 is 0 Å². The first-order valence-corrected chi connectivity index (χ1v) is 14.7. The maximum absolute atomic E-state index is 11.5. The van der Waals surface area contributed by atoms with E-state index >= 15 is 0 Å². The van der Waals surface area contributed by atoms with E-state index in [-0.39, 0.29) is 47.3 Å². The Bertz CT molecular complexity index is 930. The van der Waals surface area contributed by atoms with Crippen LogP contribution >= 0.6 is 0 Å². The Morgan fingerprint density at radius 3 is 2.28 bits per heavy atom. The number of methoxy groups -OCH3 is 1. The largest absolute Gasteiger partial charge is 0.396 e. The molecule has 204 valence electrons. The fourth-order valence-corrected chi connectivity index (χ4v) is 11.9. The Labute approximate surface area is 218 Å². The zero-order chi connectivity index (χ0) is 25.9. The fraction of sp³-hybridized carbons (Fsp3) is 0.935. The number of hydrogen-bond donors (Lipinski definition) is 3. The molecule has 0 aromatic carbocycles. The van der Waals surface area contributed by atoms with E-state index in [0.717, 1.165) is 25.7 Å². The first-order valence-electron chi connectivity index (χ1n) is 14.7. The molecule has 6 rings (SSSR count). The predicted molar refractivity (Wildman–Crippen MR) is 139 cm³/mol. The van der Waals surface area contributed by atoms with Crippen LogP contribution in [0.15, 0.2) is 11.6 Å². The molecule has 5 nitrogen and oxygen atoms in total. The zero-order valence-corrected chi connectivity index (χ0v) is 23.4. The van der Waals surface area contributed by atoms with E-state index < -0.39 is 6.10 Å². The van der Waals surface area contributed by atoms with Crippen LogP contribution in [-0.2, 0) is 9.47 Å². The van der Waals surface area contributed by atoms with Crippen molar-refractivity contribution < 1.29 is 24.8 Å². The van der Waals surface area contributed by atoms with Crippen molar-refractivity contribution in [3.05, 3.63) is 11.6 Å². The van der Waals surface area contributed by atoms with Crippen LogP contribution in [0.5, 0.6) is 0 Å². The smallest absolute Gasteiger partial charge is 0.163 e. The Morgan fingerprint density at radius 1 is 0.917 bits per heavy atom. The third kappa shape index (κ3) is 2.91. The molecule has 0 aromatic rings. The highest BCUT2D eigenvalue weighted by Gasteiger charge is 2.82. The summed E-state index contributed by atoms with van der Waals surface area (Å²) in [5, 5.41) is 32.9. The van der Waals surface area contributed by atoms with Crippen molar-refractivity contribution in [1.29, 1.82) is 0 Å². The number of allylic oxidation sites excluding steroid dienone is 1. The van der Waals surface area contributed by atoms with Gasteiger partial charge in [0.15, 0.2) is 6.29 Å². The zero-order valence-electron chi connectivity index (χ0n) is 23.4. The lowest BCUT2D eigenvalue weighted by Gasteiger charge is -2.63. The Kier molecular flexibility index (Phi) is 5.76. The molecule has 5 heteroatoms. The van der Waals surface area contributed by atoms with E-state index in [1.54, 1.807) is 7.11 Å². The number of rotatable bonds is 4. The van der Waals surface area contributed by atoms with E-state index in [2.05, 4.69) is 40.7 Å². The highest BCUT2D eigenvalue weighted by Crippen LogP contribution is 2.89. The van der Waals surface area contributed by atoms with E-state index in [9.17, 15) is 15.3 Å². The minimum absolute atomic E-state index is 0.00323. The predicted octanol–water partition coefficient (Wildman–Crippen LogP) is 5.07. The summed E-state index contributed by atoms with van der Waals surface area (Å²) < 4.78 is 12.1. The minimum Gasteiger partial charge on any atom is -0.396 e. The molecule has 1 saturated heterocycles. The van der Waals surface area contributed by atoms with Gasteiger partial charge in [-0.2, -0.15) is 0 Å². The van der Waals surface area contributed by atoms with Gasteiger partial charge in [0.25, 0.3) is 0 Å². The lowest BCUT2D eigenvalue weighted by atomic mass is 9.41. The van der Waals surface area contributed by atoms with Gasteiger partial charge < -0.3 is 24.8 Å². The Hall–Kier alpha value is -0.460. The third-order valence-corrected chi connectivity index (χ3v) is 13.8. The second-order valence-electron chi connectivity index (χ2n) is 14.9. The fourth-order valence-electron chi connectivity index (χ4n) is 11.9. The van der Waals surface area contributed by atoms with Gasteiger partial charge in [-0.1, -0.05) is 32.4 Å². The van der Waals surface area contributed by atoms with Crippen molar-refractivity contribution >= 4 is 0 Å². The molecule has 0 amide bonds. The molecule has 0 radical (unpaired) electrons. The Morgan fingerprint density at radius 2 is 1.61 bits per heavy atom. The number of ether oxygens (including phenoxy) is 2. The highest BCUT2D eigenvalue weighted by atomic mass is 16.7. The standard InChI is InChI=1S/C31H50O5/c1-18(2)15-20-25(34)24(26(35-6)36-20)19-9-11-29(5)22-8-7-21-27(3,17-32)23(33)10-12-30(21)16-31(22,30)14-13-28(19,29)4/h15,19-26,32-34H,7-14,16-17H2,1-6H3/t19-,20-,21+,22+,23+,24+,25-,26+,27-,28-,29+,30-,31+/m1/s1. The van der Waals surface area contributed by atoms with E-state index in [1.807, 2.05) is 0 Å². The minimum atomic E-state index is -0.530. The SMILES string of the molecule is CO[C@H]1O[C@H](C=C(C)C)[C@@H](O)[C@@H]1[C@H]1CC[C@@]2(C)[C@@H]3CC[C@H]4[C@@](C)(CO)[C@@H](O)CC[C@@]45C[C@@]35CC[C@]12C. The first-order chi connectivity index (χ1) is 16.9. The molecular weight excluding hydrogens is 452 g/mol. The lowest BCUT2D eigenvalue weighted by molar-refractivity contribution is -0.184. The van der Waals surface area contributed by atoms with Crippen LogP contribution in [0.25, 0.3) is 0 Å².